The second-order valence-electron chi connectivity index (χ2n) is 7.61. The van der Waals surface area contributed by atoms with Gasteiger partial charge >= 0.3 is 0 Å². The van der Waals surface area contributed by atoms with E-state index >= 15 is 0 Å². The van der Waals surface area contributed by atoms with Crippen LogP contribution in [0.1, 0.15) is 44.2 Å². The van der Waals surface area contributed by atoms with E-state index in [0.717, 1.165) is 57.6 Å². The number of hydrogen-bond acceptors (Lipinski definition) is 6. The fourth-order valence-electron chi connectivity index (χ4n) is 4.29. The largest absolute Gasteiger partial charge is 0.496 e. The molecule has 2 heterocycles. The van der Waals surface area contributed by atoms with E-state index in [1.165, 1.54) is 6.26 Å². The van der Waals surface area contributed by atoms with Crippen LogP contribution < -0.4 is 10.1 Å². The SMILES string of the molecule is CCN1C(NCC2CCOC2)CCCC1c1ccc(S(C)(=O)=O)cc1OC. The maximum Gasteiger partial charge on any atom is 0.175 e. The molecule has 0 aromatic heterocycles. The van der Waals surface area contributed by atoms with Crippen molar-refractivity contribution in [3.05, 3.63) is 23.8 Å². The Bertz CT molecular complexity index is 731. The third-order valence-corrected chi connectivity index (χ3v) is 6.89. The highest BCUT2D eigenvalue weighted by molar-refractivity contribution is 7.90. The van der Waals surface area contributed by atoms with Gasteiger partial charge in [-0.25, -0.2) is 8.42 Å². The molecule has 2 fully saturated rings. The molecule has 0 saturated carbocycles. The normalized spacial score (nSPS) is 27.0. The molecule has 27 heavy (non-hydrogen) atoms. The van der Waals surface area contributed by atoms with E-state index in [1.54, 1.807) is 19.2 Å². The van der Waals surface area contributed by atoms with Gasteiger partial charge in [-0.3, -0.25) is 4.90 Å². The minimum Gasteiger partial charge on any atom is -0.496 e. The standard InChI is InChI=1S/C20H32N2O4S/c1-4-22-18(6-5-7-20(22)21-13-15-10-11-26-14-15)17-9-8-16(27(3,23)24)12-19(17)25-2/h8-9,12,15,18,20-21H,4-7,10-11,13-14H2,1-3H3. The summed E-state index contributed by atoms with van der Waals surface area (Å²) in [7, 11) is -1.64. The van der Waals surface area contributed by atoms with Gasteiger partial charge in [0.15, 0.2) is 9.84 Å². The van der Waals surface area contributed by atoms with E-state index in [-0.39, 0.29) is 6.04 Å². The van der Waals surface area contributed by atoms with Gasteiger partial charge < -0.3 is 14.8 Å². The van der Waals surface area contributed by atoms with E-state index in [9.17, 15) is 8.42 Å². The van der Waals surface area contributed by atoms with Gasteiger partial charge in [0.1, 0.15) is 5.75 Å². The monoisotopic (exact) mass is 396 g/mol. The Labute approximate surface area is 163 Å². The first-order chi connectivity index (χ1) is 12.9. The molecule has 0 aliphatic carbocycles. The molecule has 2 saturated heterocycles. The number of likely N-dealkylation sites (tertiary alicyclic amines) is 1. The fourth-order valence-corrected chi connectivity index (χ4v) is 4.93. The van der Waals surface area contributed by atoms with Gasteiger partial charge in [0, 0.05) is 31.0 Å². The summed E-state index contributed by atoms with van der Waals surface area (Å²) >= 11 is 0. The van der Waals surface area contributed by atoms with Crippen LogP contribution in [0.5, 0.6) is 5.75 Å². The minimum atomic E-state index is -3.25. The number of nitrogens with one attached hydrogen (secondary N) is 1. The van der Waals surface area contributed by atoms with Crippen LogP contribution in [0.2, 0.25) is 0 Å². The van der Waals surface area contributed by atoms with Crippen molar-refractivity contribution in [2.24, 2.45) is 5.92 Å². The highest BCUT2D eigenvalue weighted by atomic mass is 32.2. The molecule has 2 aliphatic rings. The van der Waals surface area contributed by atoms with E-state index < -0.39 is 9.84 Å². The molecule has 3 atom stereocenters. The highest BCUT2D eigenvalue weighted by Crippen LogP contribution is 2.38. The summed E-state index contributed by atoms with van der Waals surface area (Å²) < 4.78 is 34.8. The van der Waals surface area contributed by atoms with Gasteiger partial charge in [0.2, 0.25) is 0 Å². The van der Waals surface area contributed by atoms with Gasteiger partial charge in [0.25, 0.3) is 0 Å². The van der Waals surface area contributed by atoms with Crippen LogP contribution in [0.15, 0.2) is 23.1 Å². The van der Waals surface area contributed by atoms with Gasteiger partial charge in [0.05, 0.1) is 24.8 Å². The Balaban J connectivity index is 1.79. The van der Waals surface area contributed by atoms with Crippen LogP contribution in [0.4, 0.5) is 0 Å². The zero-order valence-corrected chi connectivity index (χ0v) is 17.4. The maximum absolute atomic E-state index is 11.9. The Kier molecular flexibility index (Phi) is 6.78. The highest BCUT2D eigenvalue weighted by Gasteiger charge is 2.32. The lowest BCUT2D eigenvalue weighted by molar-refractivity contribution is 0.0625. The predicted octanol–water partition coefficient (Wildman–Crippen LogP) is 2.60. The molecular weight excluding hydrogens is 364 g/mol. The third-order valence-electron chi connectivity index (χ3n) is 5.78. The molecule has 7 heteroatoms. The lowest BCUT2D eigenvalue weighted by Gasteiger charge is -2.43. The van der Waals surface area contributed by atoms with Crippen molar-refractivity contribution in [1.29, 1.82) is 0 Å². The van der Waals surface area contributed by atoms with Crippen molar-refractivity contribution in [2.45, 2.75) is 49.7 Å². The summed E-state index contributed by atoms with van der Waals surface area (Å²) in [6.45, 7) is 5.83. The third kappa shape index (κ3) is 4.83. The van der Waals surface area contributed by atoms with Gasteiger partial charge in [-0.15, -0.1) is 0 Å². The van der Waals surface area contributed by atoms with E-state index in [2.05, 4.69) is 17.1 Å². The van der Waals surface area contributed by atoms with Crippen LogP contribution in [-0.4, -0.2) is 59.2 Å². The molecule has 0 amide bonds. The quantitative estimate of drug-likeness (QED) is 0.764. The first-order valence-electron chi connectivity index (χ1n) is 9.89. The number of ether oxygens (including phenoxy) is 2. The molecule has 6 nitrogen and oxygen atoms in total. The summed E-state index contributed by atoms with van der Waals surface area (Å²) in [5, 5.41) is 3.75. The molecule has 1 N–H and O–H groups in total. The van der Waals surface area contributed by atoms with E-state index in [1.807, 2.05) is 6.07 Å². The summed E-state index contributed by atoms with van der Waals surface area (Å²) in [5.74, 6) is 1.26. The first kappa shape index (κ1) is 20.6. The number of benzene rings is 1. The smallest absolute Gasteiger partial charge is 0.175 e. The van der Waals surface area contributed by atoms with Crippen molar-refractivity contribution in [3.8, 4) is 5.75 Å². The van der Waals surface area contributed by atoms with Crippen LogP contribution in [0.25, 0.3) is 0 Å². The number of methoxy groups -OCH3 is 1. The van der Waals surface area contributed by atoms with Crippen LogP contribution in [0.3, 0.4) is 0 Å². The van der Waals surface area contributed by atoms with E-state index in [4.69, 9.17) is 9.47 Å². The zero-order valence-electron chi connectivity index (χ0n) is 16.6. The second-order valence-corrected chi connectivity index (χ2v) is 9.62. The Morgan fingerprint density at radius 1 is 1.30 bits per heavy atom. The maximum atomic E-state index is 11.9. The number of rotatable bonds is 7. The van der Waals surface area contributed by atoms with Crippen LogP contribution >= 0.6 is 0 Å². The topological polar surface area (TPSA) is 67.9 Å². The van der Waals surface area contributed by atoms with Gasteiger partial charge in [-0.05, 0) is 50.3 Å². The van der Waals surface area contributed by atoms with Crippen molar-refractivity contribution < 1.29 is 17.9 Å². The zero-order chi connectivity index (χ0) is 19.4. The molecule has 1 aromatic rings. The minimum absolute atomic E-state index is 0.227. The van der Waals surface area contributed by atoms with Crippen molar-refractivity contribution >= 4 is 9.84 Å². The molecule has 0 radical (unpaired) electrons. The second kappa shape index (κ2) is 8.90. The lowest BCUT2D eigenvalue weighted by atomic mass is 9.92. The Hall–Kier alpha value is -1.15. The summed E-state index contributed by atoms with van der Waals surface area (Å²) in [5.41, 5.74) is 1.07. The molecule has 0 spiro atoms. The Morgan fingerprint density at radius 2 is 2.11 bits per heavy atom. The summed E-state index contributed by atoms with van der Waals surface area (Å²) in [6.07, 6.45) is 6.00. The van der Waals surface area contributed by atoms with Crippen molar-refractivity contribution in [1.82, 2.24) is 10.2 Å². The molecule has 2 aliphatic heterocycles. The molecular formula is C20H32N2O4S. The van der Waals surface area contributed by atoms with Crippen LogP contribution in [0, 0.1) is 5.92 Å². The molecule has 0 bridgehead atoms. The van der Waals surface area contributed by atoms with Gasteiger partial charge in [-0.2, -0.15) is 0 Å². The number of nitrogens with zero attached hydrogens (tertiary/aromatic N) is 1. The number of piperidine rings is 1. The average Bonchev–Trinajstić information content (AvgIpc) is 3.18. The van der Waals surface area contributed by atoms with Crippen molar-refractivity contribution in [3.63, 3.8) is 0 Å². The van der Waals surface area contributed by atoms with E-state index in [0.29, 0.717) is 22.7 Å². The van der Waals surface area contributed by atoms with Gasteiger partial charge in [-0.1, -0.05) is 13.0 Å². The summed E-state index contributed by atoms with van der Waals surface area (Å²) in [6, 6.07) is 5.51. The molecule has 152 valence electrons. The predicted molar refractivity (Wildman–Crippen MR) is 106 cm³/mol. The first-order valence-corrected chi connectivity index (χ1v) is 11.8. The fraction of sp³-hybridized carbons (Fsp3) is 0.700. The Morgan fingerprint density at radius 3 is 2.74 bits per heavy atom. The number of sulfone groups is 1. The molecule has 1 aromatic carbocycles. The summed E-state index contributed by atoms with van der Waals surface area (Å²) in [4.78, 5) is 2.79. The number of hydrogen-bond donors (Lipinski definition) is 1. The van der Waals surface area contributed by atoms with Crippen molar-refractivity contribution in [2.75, 3.05) is 39.7 Å². The van der Waals surface area contributed by atoms with Crippen LogP contribution in [-0.2, 0) is 14.6 Å². The average molecular weight is 397 g/mol. The lowest BCUT2D eigenvalue weighted by Crippen LogP contribution is -2.51. The molecule has 3 rings (SSSR count). The molecule has 3 unspecified atom stereocenters.